The first-order valence-corrected chi connectivity index (χ1v) is 7.76. The molecule has 0 unspecified atom stereocenters. The molecule has 2 aromatic rings. The molecule has 3 nitrogen and oxygen atoms in total. The van der Waals surface area contributed by atoms with Gasteiger partial charge < -0.3 is 9.64 Å². The SMILES string of the molecule is COC(=O)c1ccc(CN2CCCc3cc(Cl)ccc32)cc1. The van der Waals surface area contributed by atoms with Crippen LogP contribution >= 0.6 is 11.6 Å². The van der Waals surface area contributed by atoms with E-state index < -0.39 is 0 Å². The number of carbonyl (C=O) groups is 1. The summed E-state index contributed by atoms with van der Waals surface area (Å²) in [7, 11) is 1.39. The molecule has 0 amide bonds. The van der Waals surface area contributed by atoms with E-state index in [1.54, 1.807) is 0 Å². The Morgan fingerprint density at radius 2 is 2.00 bits per heavy atom. The summed E-state index contributed by atoms with van der Waals surface area (Å²) in [5.41, 5.74) is 4.32. The Morgan fingerprint density at radius 1 is 1.23 bits per heavy atom. The number of rotatable bonds is 3. The van der Waals surface area contributed by atoms with Gasteiger partial charge in [-0.15, -0.1) is 0 Å². The molecule has 0 aromatic heterocycles. The number of carbonyl (C=O) groups excluding carboxylic acids is 1. The van der Waals surface area contributed by atoms with Crippen LogP contribution in [-0.2, 0) is 17.7 Å². The zero-order valence-corrected chi connectivity index (χ0v) is 13.3. The summed E-state index contributed by atoms with van der Waals surface area (Å²) in [6, 6.07) is 13.7. The number of nitrogens with zero attached hydrogens (tertiary/aromatic N) is 1. The third-order valence-electron chi connectivity index (χ3n) is 4.00. The van der Waals surface area contributed by atoms with Gasteiger partial charge in [0.25, 0.3) is 0 Å². The first kappa shape index (κ1) is 14.9. The average Bonchev–Trinajstić information content (AvgIpc) is 2.55. The number of esters is 1. The molecule has 0 atom stereocenters. The first-order chi connectivity index (χ1) is 10.7. The Bertz CT molecular complexity index is 682. The van der Waals surface area contributed by atoms with Crippen LogP contribution in [0.4, 0.5) is 5.69 Å². The molecule has 4 heteroatoms. The van der Waals surface area contributed by atoms with E-state index in [1.807, 2.05) is 30.3 Å². The predicted octanol–water partition coefficient (Wildman–Crippen LogP) is 4.08. The zero-order valence-electron chi connectivity index (χ0n) is 12.5. The molecule has 0 radical (unpaired) electrons. The van der Waals surface area contributed by atoms with Gasteiger partial charge >= 0.3 is 5.97 Å². The van der Waals surface area contributed by atoms with Crippen LogP contribution in [0.1, 0.15) is 27.9 Å². The summed E-state index contributed by atoms with van der Waals surface area (Å²) in [5.74, 6) is -0.301. The van der Waals surface area contributed by atoms with Crippen LogP contribution in [0.5, 0.6) is 0 Å². The summed E-state index contributed by atoms with van der Waals surface area (Å²) in [6.07, 6.45) is 2.21. The topological polar surface area (TPSA) is 29.5 Å². The lowest BCUT2D eigenvalue weighted by molar-refractivity contribution is 0.0600. The number of halogens is 1. The number of hydrogen-bond acceptors (Lipinski definition) is 3. The molecule has 1 aliphatic rings. The smallest absolute Gasteiger partial charge is 0.337 e. The third-order valence-corrected chi connectivity index (χ3v) is 4.24. The van der Waals surface area contributed by atoms with E-state index in [4.69, 9.17) is 16.3 Å². The Labute approximate surface area is 135 Å². The normalized spacial score (nSPS) is 13.6. The molecule has 1 heterocycles. The van der Waals surface area contributed by atoms with E-state index in [0.29, 0.717) is 5.56 Å². The van der Waals surface area contributed by atoms with Gasteiger partial charge in [-0.2, -0.15) is 0 Å². The minimum absolute atomic E-state index is 0.301. The van der Waals surface area contributed by atoms with Gasteiger partial charge in [0.1, 0.15) is 0 Å². The number of methoxy groups -OCH3 is 1. The molecule has 0 fully saturated rings. The van der Waals surface area contributed by atoms with Crippen molar-refractivity contribution in [2.45, 2.75) is 19.4 Å². The summed E-state index contributed by atoms with van der Waals surface area (Å²) in [5, 5.41) is 0.794. The van der Waals surface area contributed by atoms with Crippen molar-refractivity contribution in [1.82, 2.24) is 0 Å². The maximum Gasteiger partial charge on any atom is 0.337 e. The van der Waals surface area contributed by atoms with Crippen molar-refractivity contribution in [3.05, 3.63) is 64.2 Å². The quantitative estimate of drug-likeness (QED) is 0.799. The molecule has 0 bridgehead atoms. The van der Waals surface area contributed by atoms with Crippen molar-refractivity contribution in [1.29, 1.82) is 0 Å². The van der Waals surface area contributed by atoms with Crippen LogP contribution in [0.25, 0.3) is 0 Å². The van der Waals surface area contributed by atoms with E-state index in [0.717, 1.165) is 31.0 Å². The van der Waals surface area contributed by atoms with Crippen molar-refractivity contribution in [2.24, 2.45) is 0 Å². The lowest BCUT2D eigenvalue weighted by Crippen LogP contribution is -2.28. The maximum absolute atomic E-state index is 11.5. The minimum atomic E-state index is -0.301. The fourth-order valence-electron chi connectivity index (χ4n) is 2.89. The summed E-state index contributed by atoms with van der Waals surface area (Å²) in [6.45, 7) is 1.86. The molecular formula is C18H18ClNO2. The molecule has 0 aliphatic carbocycles. The van der Waals surface area contributed by atoms with Crippen molar-refractivity contribution in [3.8, 4) is 0 Å². The third kappa shape index (κ3) is 3.09. The van der Waals surface area contributed by atoms with Crippen LogP contribution in [0.3, 0.4) is 0 Å². The molecule has 0 saturated carbocycles. The van der Waals surface area contributed by atoms with Crippen LogP contribution in [0.15, 0.2) is 42.5 Å². The van der Waals surface area contributed by atoms with Gasteiger partial charge in [0.2, 0.25) is 0 Å². The number of ether oxygens (including phenoxy) is 1. The van der Waals surface area contributed by atoms with E-state index in [1.165, 1.54) is 23.9 Å². The highest BCUT2D eigenvalue weighted by atomic mass is 35.5. The Kier molecular flexibility index (Phi) is 4.34. The second-order valence-corrected chi connectivity index (χ2v) is 5.92. The summed E-state index contributed by atoms with van der Waals surface area (Å²) in [4.78, 5) is 13.8. The number of fused-ring (bicyclic) bond motifs is 1. The number of aryl methyl sites for hydroxylation is 1. The van der Waals surface area contributed by atoms with Crippen molar-refractivity contribution < 1.29 is 9.53 Å². The highest BCUT2D eigenvalue weighted by Gasteiger charge is 2.17. The van der Waals surface area contributed by atoms with Gasteiger partial charge in [-0.3, -0.25) is 0 Å². The predicted molar refractivity (Wildman–Crippen MR) is 88.6 cm³/mol. The molecule has 2 aromatic carbocycles. The fourth-order valence-corrected chi connectivity index (χ4v) is 3.09. The van der Waals surface area contributed by atoms with Crippen LogP contribution < -0.4 is 4.90 Å². The lowest BCUT2D eigenvalue weighted by Gasteiger charge is -2.31. The van der Waals surface area contributed by atoms with Crippen molar-refractivity contribution >= 4 is 23.3 Å². The van der Waals surface area contributed by atoms with Crippen LogP contribution in [-0.4, -0.2) is 19.6 Å². The van der Waals surface area contributed by atoms with Gasteiger partial charge in [-0.25, -0.2) is 4.79 Å². The highest BCUT2D eigenvalue weighted by molar-refractivity contribution is 6.30. The van der Waals surface area contributed by atoms with E-state index in [9.17, 15) is 4.79 Å². The number of hydrogen-bond donors (Lipinski definition) is 0. The largest absolute Gasteiger partial charge is 0.465 e. The molecular weight excluding hydrogens is 298 g/mol. The molecule has 114 valence electrons. The molecule has 0 N–H and O–H groups in total. The number of anilines is 1. The Hall–Kier alpha value is -2.00. The van der Waals surface area contributed by atoms with Gasteiger partial charge in [-0.1, -0.05) is 23.7 Å². The van der Waals surface area contributed by atoms with Gasteiger partial charge in [0.15, 0.2) is 0 Å². The molecule has 1 aliphatic heterocycles. The van der Waals surface area contributed by atoms with Crippen molar-refractivity contribution in [2.75, 3.05) is 18.6 Å². The van der Waals surface area contributed by atoms with E-state index in [2.05, 4.69) is 17.0 Å². The monoisotopic (exact) mass is 315 g/mol. The zero-order chi connectivity index (χ0) is 15.5. The van der Waals surface area contributed by atoms with Gasteiger partial charge in [0.05, 0.1) is 12.7 Å². The minimum Gasteiger partial charge on any atom is -0.465 e. The Balaban J connectivity index is 1.78. The molecule has 0 spiro atoms. The molecule has 3 rings (SSSR count). The van der Waals surface area contributed by atoms with Crippen LogP contribution in [0, 0.1) is 0 Å². The second kappa shape index (κ2) is 6.41. The van der Waals surface area contributed by atoms with Gasteiger partial charge in [0, 0.05) is 23.8 Å². The highest BCUT2D eigenvalue weighted by Crippen LogP contribution is 2.30. The fraction of sp³-hybridized carbons (Fsp3) is 0.278. The second-order valence-electron chi connectivity index (χ2n) is 5.49. The molecule has 22 heavy (non-hydrogen) atoms. The van der Waals surface area contributed by atoms with Crippen LogP contribution in [0.2, 0.25) is 5.02 Å². The van der Waals surface area contributed by atoms with E-state index in [-0.39, 0.29) is 5.97 Å². The molecule has 0 saturated heterocycles. The first-order valence-electron chi connectivity index (χ1n) is 7.38. The maximum atomic E-state index is 11.5. The van der Waals surface area contributed by atoms with E-state index >= 15 is 0 Å². The summed E-state index contributed by atoms with van der Waals surface area (Å²) >= 11 is 6.08. The standard InChI is InChI=1S/C18H18ClNO2/c1-22-18(21)14-6-4-13(5-7-14)12-20-10-2-3-15-11-16(19)8-9-17(15)20/h4-9,11H,2-3,10,12H2,1H3. The Morgan fingerprint density at radius 3 is 2.73 bits per heavy atom. The lowest BCUT2D eigenvalue weighted by atomic mass is 10.0. The van der Waals surface area contributed by atoms with Gasteiger partial charge in [-0.05, 0) is 54.3 Å². The average molecular weight is 316 g/mol. The summed E-state index contributed by atoms with van der Waals surface area (Å²) < 4.78 is 4.72. The number of benzene rings is 2. The van der Waals surface area contributed by atoms with Crippen molar-refractivity contribution in [3.63, 3.8) is 0 Å².